The van der Waals surface area contributed by atoms with E-state index in [9.17, 15) is 0 Å². The molecule has 112 valence electrons. The fraction of sp³-hybridized carbons (Fsp3) is 0.278. The molecule has 3 heterocycles. The van der Waals surface area contributed by atoms with Crippen LogP contribution in [-0.4, -0.2) is 37.3 Å². The molecule has 2 aliphatic rings. The van der Waals surface area contributed by atoms with E-state index in [1.807, 2.05) is 0 Å². The maximum Gasteiger partial charge on any atom is 0.0717 e. The van der Waals surface area contributed by atoms with Gasteiger partial charge in [-0.2, -0.15) is 5.10 Å². The Bertz CT molecular complexity index is 703. The highest BCUT2D eigenvalue weighted by Gasteiger charge is 2.34. The van der Waals surface area contributed by atoms with E-state index in [0.717, 1.165) is 19.6 Å². The summed E-state index contributed by atoms with van der Waals surface area (Å²) in [6.45, 7) is 3.05. The van der Waals surface area contributed by atoms with Crippen LogP contribution in [0.25, 0.3) is 6.08 Å². The summed E-state index contributed by atoms with van der Waals surface area (Å²) in [5.41, 5.74) is 3.82. The van der Waals surface area contributed by atoms with Crippen molar-refractivity contribution >= 4 is 28.8 Å². The molecule has 2 aliphatic heterocycles. The van der Waals surface area contributed by atoms with Crippen molar-refractivity contribution in [3.8, 4) is 0 Å². The normalized spacial score (nSPS) is 23.7. The lowest BCUT2D eigenvalue weighted by atomic mass is 9.92. The number of hydrogen-bond donors (Lipinski definition) is 0. The molecule has 22 heavy (non-hydrogen) atoms. The average Bonchev–Trinajstić information content (AvgIpc) is 3.17. The van der Waals surface area contributed by atoms with Gasteiger partial charge in [-0.3, -0.25) is 5.01 Å². The number of likely N-dealkylation sites (N-methyl/N-ethyl adjacent to an activating group) is 1. The molecule has 1 saturated heterocycles. The Hall–Kier alpha value is -1.91. The molecule has 1 aromatic heterocycles. The smallest absolute Gasteiger partial charge is 0.0717 e. The van der Waals surface area contributed by atoms with Crippen LogP contribution in [0.2, 0.25) is 0 Å². The summed E-state index contributed by atoms with van der Waals surface area (Å²) >= 11 is 1.79. The van der Waals surface area contributed by atoms with E-state index in [1.165, 1.54) is 21.8 Å². The van der Waals surface area contributed by atoms with Crippen molar-refractivity contribution < 1.29 is 0 Å². The molecule has 1 atom stereocenters. The van der Waals surface area contributed by atoms with Gasteiger partial charge in [0.25, 0.3) is 0 Å². The summed E-state index contributed by atoms with van der Waals surface area (Å²) < 4.78 is 0. The van der Waals surface area contributed by atoms with Crippen molar-refractivity contribution in [1.82, 2.24) is 4.90 Å². The Kier molecular flexibility index (Phi) is 3.56. The molecule has 0 bridgehead atoms. The van der Waals surface area contributed by atoms with E-state index in [1.54, 1.807) is 11.3 Å². The van der Waals surface area contributed by atoms with Crippen molar-refractivity contribution in [3.05, 3.63) is 58.3 Å². The molecule has 0 N–H and O–H groups in total. The number of anilines is 1. The molecule has 0 spiro atoms. The summed E-state index contributed by atoms with van der Waals surface area (Å²) in [6, 6.07) is 14.7. The molecule has 1 unspecified atom stereocenters. The number of benzene rings is 1. The molecule has 1 fully saturated rings. The maximum absolute atomic E-state index is 4.94. The fourth-order valence-corrected chi connectivity index (χ4v) is 3.94. The zero-order valence-corrected chi connectivity index (χ0v) is 13.5. The third-order valence-electron chi connectivity index (χ3n) is 4.22. The molecule has 1 aromatic carbocycles. The largest absolute Gasteiger partial charge is 0.301 e. The van der Waals surface area contributed by atoms with Gasteiger partial charge in [-0.1, -0.05) is 24.3 Å². The van der Waals surface area contributed by atoms with Crippen LogP contribution >= 0.6 is 11.3 Å². The van der Waals surface area contributed by atoms with Crippen LogP contribution in [-0.2, 0) is 0 Å². The van der Waals surface area contributed by atoms with Gasteiger partial charge in [-0.25, -0.2) is 0 Å². The maximum atomic E-state index is 4.94. The van der Waals surface area contributed by atoms with Crippen molar-refractivity contribution in [1.29, 1.82) is 0 Å². The second kappa shape index (κ2) is 5.71. The van der Waals surface area contributed by atoms with Crippen LogP contribution in [0.3, 0.4) is 0 Å². The highest BCUT2D eigenvalue weighted by Crippen LogP contribution is 2.30. The first kappa shape index (κ1) is 13.7. The van der Waals surface area contributed by atoms with Crippen LogP contribution in [0.5, 0.6) is 0 Å². The molecular weight excluding hydrogens is 290 g/mol. The second-order valence-corrected chi connectivity index (χ2v) is 6.96. The lowest BCUT2D eigenvalue weighted by Crippen LogP contribution is -2.40. The van der Waals surface area contributed by atoms with E-state index in [0.29, 0.717) is 5.92 Å². The van der Waals surface area contributed by atoms with Crippen molar-refractivity contribution in [2.24, 2.45) is 11.0 Å². The molecule has 4 heteroatoms. The first-order valence-corrected chi connectivity index (χ1v) is 8.51. The highest BCUT2D eigenvalue weighted by molar-refractivity contribution is 7.10. The number of fused-ring (bicyclic) bond motifs is 1. The first-order valence-electron chi connectivity index (χ1n) is 7.64. The predicted molar refractivity (Wildman–Crippen MR) is 94.5 cm³/mol. The first-order chi connectivity index (χ1) is 10.8. The Morgan fingerprint density at radius 3 is 2.77 bits per heavy atom. The molecule has 0 saturated carbocycles. The Labute approximate surface area is 135 Å². The SMILES string of the molecule is CN1C/C(=C\c2cccs2)C2=NN(c3ccccc3)CC2C1. The zero-order valence-electron chi connectivity index (χ0n) is 12.6. The number of hydrazone groups is 1. The molecular formula is C18H19N3S. The van der Waals surface area contributed by atoms with Crippen molar-refractivity contribution in [2.45, 2.75) is 0 Å². The average molecular weight is 309 g/mol. The van der Waals surface area contributed by atoms with Crippen LogP contribution in [0.4, 0.5) is 5.69 Å². The van der Waals surface area contributed by atoms with Crippen LogP contribution in [0, 0.1) is 5.92 Å². The zero-order chi connectivity index (χ0) is 14.9. The van der Waals surface area contributed by atoms with Gasteiger partial charge in [0.05, 0.1) is 17.9 Å². The Morgan fingerprint density at radius 2 is 2.00 bits per heavy atom. The predicted octanol–water partition coefficient (Wildman–Crippen LogP) is 3.57. The summed E-state index contributed by atoms with van der Waals surface area (Å²) in [7, 11) is 2.20. The number of rotatable bonds is 2. The van der Waals surface area contributed by atoms with E-state index >= 15 is 0 Å². The minimum absolute atomic E-state index is 0.505. The third-order valence-corrected chi connectivity index (χ3v) is 5.04. The van der Waals surface area contributed by atoms with Crippen molar-refractivity contribution in [3.63, 3.8) is 0 Å². The van der Waals surface area contributed by atoms with Gasteiger partial charge in [0.15, 0.2) is 0 Å². The number of likely N-dealkylation sites (tertiary alicyclic amines) is 1. The van der Waals surface area contributed by atoms with Crippen molar-refractivity contribution in [2.75, 3.05) is 31.7 Å². The summed E-state index contributed by atoms with van der Waals surface area (Å²) in [5.74, 6) is 0.505. The van der Waals surface area contributed by atoms with Gasteiger partial charge < -0.3 is 4.90 Å². The summed E-state index contributed by atoms with van der Waals surface area (Å²) in [5, 5.41) is 9.22. The van der Waals surface area contributed by atoms with E-state index < -0.39 is 0 Å². The van der Waals surface area contributed by atoms with Gasteiger partial charge in [-0.15, -0.1) is 11.3 Å². The van der Waals surface area contributed by atoms with Gasteiger partial charge >= 0.3 is 0 Å². The summed E-state index contributed by atoms with van der Waals surface area (Å²) in [4.78, 5) is 3.71. The van der Waals surface area contributed by atoms with Gasteiger partial charge in [-0.05, 0) is 42.3 Å². The molecule has 0 aliphatic carbocycles. The van der Waals surface area contributed by atoms with Gasteiger partial charge in [0.1, 0.15) is 0 Å². The molecule has 4 rings (SSSR count). The van der Waals surface area contributed by atoms with E-state index in [-0.39, 0.29) is 0 Å². The number of piperidine rings is 1. The molecule has 0 amide bonds. The lowest BCUT2D eigenvalue weighted by molar-refractivity contribution is 0.325. The quantitative estimate of drug-likeness (QED) is 0.844. The third kappa shape index (κ3) is 2.60. The van der Waals surface area contributed by atoms with Crippen LogP contribution < -0.4 is 5.01 Å². The molecule has 0 radical (unpaired) electrons. The number of nitrogens with zero attached hydrogens (tertiary/aromatic N) is 3. The minimum Gasteiger partial charge on any atom is -0.301 e. The Balaban J connectivity index is 1.68. The monoisotopic (exact) mass is 309 g/mol. The minimum atomic E-state index is 0.505. The topological polar surface area (TPSA) is 18.8 Å². The number of para-hydroxylation sites is 1. The van der Waals surface area contributed by atoms with Gasteiger partial charge in [0.2, 0.25) is 0 Å². The summed E-state index contributed by atoms with van der Waals surface area (Å²) in [6.07, 6.45) is 2.31. The number of thiophene rings is 1. The van der Waals surface area contributed by atoms with Crippen LogP contribution in [0.1, 0.15) is 4.88 Å². The number of hydrogen-bond acceptors (Lipinski definition) is 4. The van der Waals surface area contributed by atoms with E-state index in [2.05, 4.69) is 70.9 Å². The highest BCUT2D eigenvalue weighted by atomic mass is 32.1. The second-order valence-electron chi connectivity index (χ2n) is 5.98. The fourth-order valence-electron chi connectivity index (χ4n) is 3.26. The molecule has 2 aromatic rings. The van der Waals surface area contributed by atoms with Gasteiger partial charge in [0, 0.05) is 23.9 Å². The van der Waals surface area contributed by atoms with Crippen LogP contribution in [0.15, 0.2) is 58.5 Å². The lowest BCUT2D eigenvalue weighted by Gasteiger charge is -2.29. The molecule has 3 nitrogen and oxygen atoms in total. The standard InChI is InChI=1S/C18H19N3S/c1-20-11-14(10-17-8-5-9-22-17)18-15(12-20)13-21(19-18)16-6-3-2-4-7-16/h2-10,15H,11-13H2,1H3/b14-10+. The van der Waals surface area contributed by atoms with E-state index in [4.69, 9.17) is 5.10 Å². The Morgan fingerprint density at radius 1 is 1.14 bits per heavy atom.